The average molecular weight is 330 g/mol. The van der Waals surface area contributed by atoms with Crippen LogP contribution >= 0.6 is 10.7 Å². The van der Waals surface area contributed by atoms with E-state index in [0.29, 0.717) is 11.3 Å². The zero-order chi connectivity index (χ0) is 15.6. The van der Waals surface area contributed by atoms with Crippen molar-refractivity contribution in [1.29, 1.82) is 0 Å². The van der Waals surface area contributed by atoms with Crippen LogP contribution in [0.15, 0.2) is 35.5 Å². The third kappa shape index (κ3) is 3.53. The molecule has 112 valence electrons. The molecule has 0 fully saturated rings. The van der Waals surface area contributed by atoms with E-state index in [0.717, 1.165) is 0 Å². The number of benzene rings is 1. The van der Waals surface area contributed by atoms with Gasteiger partial charge in [-0.3, -0.25) is 9.48 Å². The molecule has 0 radical (unpaired) electrons. The Kier molecular flexibility index (Phi) is 4.19. The summed E-state index contributed by atoms with van der Waals surface area (Å²) in [6.45, 7) is 0. The second-order valence-corrected chi connectivity index (χ2v) is 6.69. The number of ether oxygens (including phenoxy) is 1. The van der Waals surface area contributed by atoms with Gasteiger partial charge in [-0.25, -0.2) is 8.42 Å². The number of carbonyl (C=O) groups excluding carboxylic acids is 1. The molecule has 9 heteroatoms. The maximum atomic E-state index is 12.0. The molecule has 1 amide bonds. The first-order valence-electron chi connectivity index (χ1n) is 5.74. The number of amides is 1. The van der Waals surface area contributed by atoms with Crippen molar-refractivity contribution in [3.8, 4) is 5.75 Å². The lowest BCUT2D eigenvalue weighted by molar-refractivity contribution is 0.102. The third-order valence-electron chi connectivity index (χ3n) is 2.65. The number of anilines is 1. The fourth-order valence-electron chi connectivity index (χ4n) is 1.69. The molecule has 0 bridgehead atoms. The van der Waals surface area contributed by atoms with Crippen molar-refractivity contribution >= 4 is 31.3 Å². The maximum Gasteiger partial charge on any atom is 0.264 e. The van der Waals surface area contributed by atoms with Crippen LogP contribution in [-0.4, -0.2) is 31.2 Å². The molecular weight excluding hydrogens is 318 g/mol. The number of rotatable bonds is 4. The predicted molar refractivity (Wildman–Crippen MR) is 77.2 cm³/mol. The van der Waals surface area contributed by atoms with Crippen LogP contribution in [-0.2, 0) is 16.1 Å². The summed E-state index contributed by atoms with van der Waals surface area (Å²) in [7, 11) is 4.38. The van der Waals surface area contributed by atoms with Gasteiger partial charge in [0.2, 0.25) is 0 Å². The normalized spacial score (nSPS) is 11.2. The highest BCUT2D eigenvalue weighted by Gasteiger charge is 2.17. The Labute approximate surface area is 125 Å². The van der Waals surface area contributed by atoms with Crippen molar-refractivity contribution in [3.05, 3.63) is 36.2 Å². The summed E-state index contributed by atoms with van der Waals surface area (Å²) in [5.74, 6) is -0.319. The molecule has 1 N–H and O–H groups in total. The highest BCUT2D eigenvalue weighted by molar-refractivity contribution is 8.13. The zero-order valence-corrected chi connectivity index (χ0v) is 12.8. The Bertz CT molecular complexity index is 786. The molecule has 0 aliphatic carbocycles. The summed E-state index contributed by atoms with van der Waals surface area (Å²) in [6, 6.07) is 4.07. The monoisotopic (exact) mass is 329 g/mol. The van der Waals surface area contributed by atoms with E-state index in [1.807, 2.05) is 0 Å². The van der Waals surface area contributed by atoms with Crippen LogP contribution in [0.3, 0.4) is 0 Å². The van der Waals surface area contributed by atoms with Crippen LogP contribution in [0.25, 0.3) is 0 Å². The molecule has 1 aromatic heterocycles. The molecule has 21 heavy (non-hydrogen) atoms. The number of hydrogen-bond donors (Lipinski definition) is 1. The molecule has 2 aromatic rings. The molecule has 0 aliphatic rings. The SMILES string of the molecule is COc1cc(NC(=O)c2cnn(C)c2)ccc1S(=O)(=O)Cl. The second-order valence-electron chi connectivity index (χ2n) is 4.16. The molecular formula is C12H12ClN3O4S. The van der Waals surface area contributed by atoms with Crippen LogP contribution in [0.5, 0.6) is 5.75 Å². The molecule has 0 spiro atoms. The van der Waals surface area contributed by atoms with Crippen molar-refractivity contribution in [1.82, 2.24) is 9.78 Å². The van der Waals surface area contributed by atoms with Gasteiger partial charge in [0.25, 0.3) is 15.0 Å². The zero-order valence-electron chi connectivity index (χ0n) is 11.2. The smallest absolute Gasteiger partial charge is 0.264 e. The fraction of sp³-hybridized carbons (Fsp3) is 0.167. The van der Waals surface area contributed by atoms with Crippen LogP contribution in [0, 0.1) is 0 Å². The molecule has 0 saturated carbocycles. The van der Waals surface area contributed by atoms with Gasteiger partial charge in [0.15, 0.2) is 0 Å². The van der Waals surface area contributed by atoms with Gasteiger partial charge in [0.1, 0.15) is 10.6 Å². The number of aromatic nitrogens is 2. The third-order valence-corrected chi connectivity index (χ3v) is 4.01. The number of methoxy groups -OCH3 is 1. The van der Waals surface area contributed by atoms with Gasteiger partial charge in [-0.2, -0.15) is 5.10 Å². The maximum absolute atomic E-state index is 12.0. The minimum absolute atomic E-state index is 0.0500. The van der Waals surface area contributed by atoms with Crippen molar-refractivity contribution in [2.45, 2.75) is 4.90 Å². The van der Waals surface area contributed by atoms with Gasteiger partial charge >= 0.3 is 0 Å². The van der Waals surface area contributed by atoms with Gasteiger partial charge in [0.05, 0.1) is 18.9 Å². The summed E-state index contributed by atoms with van der Waals surface area (Å²) >= 11 is 0. The first kappa shape index (κ1) is 15.3. The summed E-state index contributed by atoms with van der Waals surface area (Å²) in [5, 5.41) is 6.51. The molecule has 0 saturated heterocycles. The highest BCUT2D eigenvalue weighted by atomic mass is 35.7. The van der Waals surface area contributed by atoms with E-state index in [1.54, 1.807) is 13.2 Å². The van der Waals surface area contributed by atoms with Gasteiger partial charge in [-0.15, -0.1) is 0 Å². The minimum atomic E-state index is -3.92. The van der Waals surface area contributed by atoms with E-state index < -0.39 is 9.05 Å². The predicted octanol–water partition coefficient (Wildman–Crippen LogP) is 1.61. The van der Waals surface area contributed by atoms with Gasteiger partial charge in [-0.05, 0) is 12.1 Å². The van der Waals surface area contributed by atoms with Crippen LogP contribution in [0.4, 0.5) is 5.69 Å². The number of halogens is 1. The van der Waals surface area contributed by atoms with Crippen LogP contribution < -0.4 is 10.1 Å². The number of carbonyl (C=O) groups is 1. The van der Waals surface area contributed by atoms with Crippen LogP contribution in [0.2, 0.25) is 0 Å². The highest BCUT2D eigenvalue weighted by Crippen LogP contribution is 2.29. The Morgan fingerprint density at radius 3 is 2.67 bits per heavy atom. The van der Waals surface area contributed by atoms with Crippen molar-refractivity contribution in [2.75, 3.05) is 12.4 Å². The quantitative estimate of drug-likeness (QED) is 0.861. The molecule has 0 aliphatic heterocycles. The fourth-order valence-corrected chi connectivity index (χ4v) is 2.68. The standard InChI is InChI=1S/C12H12ClN3O4S/c1-16-7-8(6-14-16)12(17)15-9-3-4-11(21(13,18)19)10(5-9)20-2/h3-7H,1-2H3,(H,15,17). The molecule has 2 rings (SSSR count). The van der Waals surface area contributed by atoms with Gasteiger partial charge in [-0.1, -0.05) is 0 Å². The average Bonchev–Trinajstić information content (AvgIpc) is 2.84. The Hall–Kier alpha value is -2.06. The molecule has 7 nitrogen and oxygen atoms in total. The molecule has 1 aromatic carbocycles. The Morgan fingerprint density at radius 1 is 1.43 bits per heavy atom. The van der Waals surface area contributed by atoms with E-state index in [1.165, 1.54) is 36.2 Å². The summed E-state index contributed by atoms with van der Waals surface area (Å²) < 4.78 is 29.2. The van der Waals surface area contributed by atoms with E-state index >= 15 is 0 Å². The number of nitrogens with one attached hydrogen (secondary N) is 1. The topological polar surface area (TPSA) is 90.3 Å². The Morgan fingerprint density at radius 2 is 2.14 bits per heavy atom. The van der Waals surface area contributed by atoms with Gasteiger partial charge in [0, 0.05) is 35.7 Å². The lowest BCUT2D eigenvalue weighted by Crippen LogP contribution is -2.11. The van der Waals surface area contributed by atoms with E-state index in [9.17, 15) is 13.2 Å². The summed E-state index contributed by atoms with van der Waals surface area (Å²) in [4.78, 5) is 11.8. The lowest BCUT2D eigenvalue weighted by atomic mass is 10.2. The molecule has 0 unspecified atom stereocenters. The number of hydrogen-bond acceptors (Lipinski definition) is 5. The minimum Gasteiger partial charge on any atom is -0.495 e. The Balaban J connectivity index is 2.28. The van der Waals surface area contributed by atoms with E-state index in [2.05, 4.69) is 10.4 Å². The van der Waals surface area contributed by atoms with Crippen LogP contribution in [0.1, 0.15) is 10.4 Å². The number of aryl methyl sites for hydroxylation is 1. The summed E-state index contributed by atoms with van der Waals surface area (Å²) in [5.41, 5.74) is 0.760. The van der Waals surface area contributed by atoms with E-state index in [4.69, 9.17) is 15.4 Å². The van der Waals surface area contributed by atoms with Crippen molar-refractivity contribution < 1.29 is 17.9 Å². The first-order chi connectivity index (χ1) is 9.81. The molecule has 0 atom stereocenters. The van der Waals surface area contributed by atoms with Gasteiger partial charge < -0.3 is 10.1 Å². The molecule has 1 heterocycles. The second kappa shape index (κ2) is 5.74. The van der Waals surface area contributed by atoms with E-state index in [-0.39, 0.29) is 16.6 Å². The first-order valence-corrected chi connectivity index (χ1v) is 8.05. The van der Waals surface area contributed by atoms with Crippen molar-refractivity contribution in [2.24, 2.45) is 7.05 Å². The van der Waals surface area contributed by atoms with Crippen molar-refractivity contribution in [3.63, 3.8) is 0 Å². The lowest BCUT2D eigenvalue weighted by Gasteiger charge is -2.09. The number of nitrogens with zero attached hydrogens (tertiary/aromatic N) is 2. The largest absolute Gasteiger partial charge is 0.495 e. The summed E-state index contributed by atoms with van der Waals surface area (Å²) in [6.07, 6.45) is 2.98.